The van der Waals surface area contributed by atoms with Gasteiger partial charge in [0.1, 0.15) is 0 Å². The zero-order valence-electron chi connectivity index (χ0n) is 20.3. The minimum atomic E-state index is 0.385. The molecule has 0 amide bonds. The first-order valence-electron chi connectivity index (χ1n) is 12.2. The van der Waals surface area contributed by atoms with Crippen molar-refractivity contribution < 1.29 is 0 Å². The number of anilines is 2. The molecule has 0 aliphatic heterocycles. The lowest BCUT2D eigenvalue weighted by molar-refractivity contribution is 0.915. The minimum Gasteiger partial charge on any atom is -0.355 e. The highest BCUT2D eigenvalue weighted by Crippen LogP contribution is 2.32. The van der Waals surface area contributed by atoms with Gasteiger partial charge in [0.15, 0.2) is 0 Å². The Balaban J connectivity index is 1.59. The average molecular weight is 434 g/mol. The van der Waals surface area contributed by atoms with Gasteiger partial charge in [-0.25, -0.2) is 0 Å². The van der Waals surface area contributed by atoms with Crippen molar-refractivity contribution in [1.82, 2.24) is 0 Å². The van der Waals surface area contributed by atoms with Crippen LogP contribution in [0, 0.1) is 0 Å². The second-order valence-electron chi connectivity index (χ2n) is 8.93. The normalized spacial score (nSPS) is 12.8. The Kier molecular flexibility index (Phi) is 7.29. The van der Waals surface area contributed by atoms with Gasteiger partial charge in [-0.15, -0.1) is 0 Å². The average Bonchev–Trinajstić information content (AvgIpc) is 2.89. The molecule has 0 aliphatic carbocycles. The molecule has 168 valence electrons. The first-order valence-corrected chi connectivity index (χ1v) is 12.2. The van der Waals surface area contributed by atoms with E-state index in [9.17, 15) is 0 Å². The van der Waals surface area contributed by atoms with Crippen LogP contribution >= 0.6 is 0 Å². The predicted molar refractivity (Wildman–Crippen MR) is 143 cm³/mol. The van der Waals surface area contributed by atoms with E-state index in [4.69, 9.17) is 0 Å². The lowest BCUT2D eigenvalue weighted by atomic mass is 9.90. The lowest BCUT2D eigenvalue weighted by Gasteiger charge is -2.20. The molecule has 4 aromatic rings. The van der Waals surface area contributed by atoms with E-state index in [1.807, 2.05) is 0 Å². The van der Waals surface area contributed by atoms with E-state index in [-0.39, 0.29) is 0 Å². The Morgan fingerprint density at radius 1 is 0.515 bits per heavy atom. The van der Waals surface area contributed by atoms with E-state index < -0.39 is 0 Å². The zero-order valence-corrected chi connectivity index (χ0v) is 20.3. The molecule has 4 rings (SSSR count). The third-order valence-electron chi connectivity index (χ3n) is 6.89. The van der Waals surface area contributed by atoms with E-state index in [0.29, 0.717) is 11.8 Å². The highest BCUT2D eigenvalue weighted by Gasteiger charge is 2.13. The van der Waals surface area contributed by atoms with Crippen molar-refractivity contribution >= 4 is 11.4 Å². The van der Waals surface area contributed by atoms with Crippen molar-refractivity contribution in [1.29, 1.82) is 0 Å². The molecule has 0 aliphatic rings. The van der Waals surface area contributed by atoms with Crippen molar-refractivity contribution in [2.45, 2.75) is 52.4 Å². The fraction of sp³-hybridized carbons (Fsp3) is 0.250. The maximum absolute atomic E-state index is 3.75. The van der Waals surface area contributed by atoms with Gasteiger partial charge in [-0.3, -0.25) is 0 Å². The molecule has 0 saturated carbocycles. The monoisotopic (exact) mass is 433 g/mol. The molecule has 4 aromatic carbocycles. The van der Waals surface area contributed by atoms with Crippen LogP contribution in [0.15, 0.2) is 97.1 Å². The fourth-order valence-electron chi connectivity index (χ4n) is 4.61. The molecule has 0 fully saturated rings. The Bertz CT molecular complexity index is 1080. The van der Waals surface area contributed by atoms with Crippen LogP contribution in [0.25, 0.3) is 0 Å². The van der Waals surface area contributed by atoms with Crippen LogP contribution in [0.5, 0.6) is 0 Å². The number of benzene rings is 4. The molecule has 0 saturated heterocycles. The van der Waals surface area contributed by atoms with Gasteiger partial charge in [0.25, 0.3) is 0 Å². The van der Waals surface area contributed by atoms with Gasteiger partial charge in [-0.05, 0) is 58.4 Å². The van der Waals surface area contributed by atoms with Gasteiger partial charge in [0.2, 0.25) is 0 Å². The summed E-state index contributed by atoms with van der Waals surface area (Å²) in [5, 5.41) is 3.75. The topological polar surface area (TPSA) is 12.0 Å². The highest BCUT2D eigenvalue weighted by molar-refractivity contribution is 5.67. The molecule has 33 heavy (non-hydrogen) atoms. The predicted octanol–water partition coefficient (Wildman–Crippen LogP) is 8.86. The number of aryl methyl sites for hydroxylation is 2. The molecule has 1 N–H and O–H groups in total. The standard InChI is InChI=1S/C32H35N/c1-5-25-21-29(23(3)27-13-9-7-10-14-27)17-19-31(25)33-32-20-18-30(22-26(32)6-2)24(4)28-15-11-8-12-16-28/h7-24,33H,5-6H2,1-4H3. The van der Waals surface area contributed by atoms with Crippen LogP contribution in [0.3, 0.4) is 0 Å². The maximum Gasteiger partial charge on any atom is 0.0416 e. The van der Waals surface area contributed by atoms with E-state index in [0.717, 1.165) is 12.8 Å². The van der Waals surface area contributed by atoms with Crippen LogP contribution in [-0.2, 0) is 12.8 Å². The third-order valence-corrected chi connectivity index (χ3v) is 6.89. The first kappa shape index (κ1) is 22.9. The van der Waals surface area contributed by atoms with Crippen molar-refractivity contribution in [2.75, 3.05) is 5.32 Å². The zero-order chi connectivity index (χ0) is 23.2. The highest BCUT2D eigenvalue weighted by atomic mass is 14.9. The van der Waals surface area contributed by atoms with E-state index in [1.165, 1.54) is 44.8 Å². The largest absolute Gasteiger partial charge is 0.355 e. The number of nitrogens with one attached hydrogen (secondary N) is 1. The van der Waals surface area contributed by atoms with Crippen LogP contribution in [0.1, 0.15) is 72.9 Å². The SMILES string of the molecule is CCc1cc(C(C)c2ccccc2)ccc1Nc1ccc(C(C)c2ccccc2)cc1CC. The summed E-state index contributed by atoms with van der Waals surface area (Å²) < 4.78 is 0. The molecule has 0 radical (unpaired) electrons. The van der Waals surface area contributed by atoms with Crippen LogP contribution < -0.4 is 5.32 Å². The summed E-state index contributed by atoms with van der Waals surface area (Å²) in [7, 11) is 0. The van der Waals surface area contributed by atoms with Crippen molar-refractivity contribution in [3.8, 4) is 0 Å². The van der Waals surface area contributed by atoms with Crippen molar-refractivity contribution in [2.24, 2.45) is 0 Å². The summed E-state index contributed by atoms with van der Waals surface area (Å²) in [5.41, 5.74) is 10.6. The summed E-state index contributed by atoms with van der Waals surface area (Å²) in [6.07, 6.45) is 2.00. The quantitative estimate of drug-likeness (QED) is 0.292. The first-order chi connectivity index (χ1) is 16.1. The summed E-state index contributed by atoms with van der Waals surface area (Å²) in [6, 6.07) is 35.3. The fourth-order valence-corrected chi connectivity index (χ4v) is 4.61. The molecule has 2 unspecified atom stereocenters. The molecule has 0 bridgehead atoms. The van der Waals surface area contributed by atoms with Gasteiger partial charge < -0.3 is 5.32 Å². The molecular weight excluding hydrogens is 398 g/mol. The molecular formula is C32H35N. The van der Waals surface area contributed by atoms with Gasteiger partial charge in [-0.2, -0.15) is 0 Å². The summed E-state index contributed by atoms with van der Waals surface area (Å²) in [5.74, 6) is 0.769. The van der Waals surface area contributed by atoms with Crippen LogP contribution in [-0.4, -0.2) is 0 Å². The Labute approximate surface area is 199 Å². The Morgan fingerprint density at radius 3 is 1.27 bits per heavy atom. The van der Waals surface area contributed by atoms with Crippen LogP contribution in [0.2, 0.25) is 0 Å². The number of hydrogen-bond donors (Lipinski definition) is 1. The Morgan fingerprint density at radius 2 is 0.909 bits per heavy atom. The molecule has 0 spiro atoms. The third kappa shape index (κ3) is 5.20. The molecule has 0 heterocycles. The minimum absolute atomic E-state index is 0.385. The molecule has 1 nitrogen and oxygen atoms in total. The maximum atomic E-state index is 3.75. The summed E-state index contributed by atoms with van der Waals surface area (Å²) >= 11 is 0. The Hall–Kier alpha value is -3.32. The van der Waals surface area contributed by atoms with Gasteiger partial charge in [0, 0.05) is 23.2 Å². The smallest absolute Gasteiger partial charge is 0.0416 e. The van der Waals surface area contributed by atoms with Crippen molar-refractivity contribution in [3.05, 3.63) is 130 Å². The second kappa shape index (κ2) is 10.5. The summed E-state index contributed by atoms with van der Waals surface area (Å²) in [4.78, 5) is 0. The molecule has 1 heteroatoms. The van der Waals surface area contributed by atoms with Gasteiger partial charge in [0.05, 0.1) is 0 Å². The van der Waals surface area contributed by atoms with Crippen molar-refractivity contribution in [3.63, 3.8) is 0 Å². The summed E-state index contributed by atoms with van der Waals surface area (Å²) in [6.45, 7) is 9.06. The molecule has 2 atom stereocenters. The lowest BCUT2D eigenvalue weighted by Crippen LogP contribution is -2.03. The number of rotatable bonds is 8. The van der Waals surface area contributed by atoms with E-state index >= 15 is 0 Å². The second-order valence-corrected chi connectivity index (χ2v) is 8.93. The van der Waals surface area contributed by atoms with Gasteiger partial charge >= 0.3 is 0 Å². The van der Waals surface area contributed by atoms with Crippen LogP contribution in [0.4, 0.5) is 11.4 Å². The number of hydrogen-bond acceptors (Lipinski definition) is 1. The van der Waals surface area contributed by atoms with E-state index in [1.54, 1.807) is 0 Å². The van der Waals surface area contributed by atoms with E-state index in [2.05, 4.69) is 130 Å². The van der Waals surface area contributed by atoms with Gasteiger partial charge in [-0.1, -0.05) is 113 Å². The molecule has 0 aromatic heterocycles.